The summed E-state index contributed by atoms with van der Waals surface area (Å²) in [7, 11) is 0. The van der Waals surface area contributed by atoms with Gasteiger partial charge in [0.2, 0.25) is 5.88 Å². The summed E-state index contributed by atoms with van der Waals surface area (Å²) in [6, 6.07) is 12.8. The molecule has 0 spiro atoms. The van der Waals surface area contributed by atoms with Crippen LogP contribution in [-0.2, 0) is 19.5 Å². The number of benzene rings is 1. The Morgan fingerprint density at radius 2 is 1.96 bits per heavy atom. The first-order valence-electron chi connectivity index (χ1n) is 8.00. The molecule has 4 nitrogen and oxygen atoms in total. The predicted molar refractivity (Wildman–Crippen MR) is 95.5 cm³/mol. The maximum absolute atomic E-state index is 5.95. The van der Waals surface area contributed by atoms with E-state index in [2.05, 4.69) is 45.4 Å². The van der Waals surface area contributed by atoms with Crippen LogP contribution in [0.3, 0.4) is 0 Å². The lowest BCUT2D eigenvalue weighted by atomic mass is 10.0. The Bertz CT molecular complexity index is 618. The Balaban J connectivity index is 1.43. The summed E-state index contributed by atoms with van der Waals surface area (Å²) >= 11 is 1.64. The van der Waals surface area contributed by atoms with E-state index in [0.29, 0.717) is 0 Å². The number of ether oxygens (including phenoxy) is 1. The molecule has 0 radical (unpaired) electrons. The molecule has 1 aromatic carbocycles. The van der Waals surface area contributed by atoms with Crippen LogP contribution in [0.15, 0.2) is 42.6 Å². The monoisotopic (exact) mass is 329 g/mol. The van der Waals surface area contributed by atoms with Crippen LogP contribution in [0.2, 0.25) is 0 Å². The molecule has 1 aliphatic rings. The van der Waals surface area contributed by atoms with Gasteiger partial charge in [0.15, 0.2) is 0 Å². The molecule has 0 aliphatic carbocycles. The number of pyridine rings is 1. The zero-order valence-electron chi connectivity index (χ0n) is 13.4. The minimum Gasteiger partial charge on any atom is -0.473 e. The van der Waals surface area contributed by atoms with Gasteiger partial charge in [-0.25, -0.2) is 4.98 Å². The van der Waals surface area contributed by atoms with Crippen molar-refractivity contribution in [3.63, 3.8) is 0 Å². The maximum atomic E-state index is 5.95. The van der Waals surface area contributed by atoms with Gasteiger partial charge in [0.25, 0.3) is 0 Å². The highest BCUT2D eigenvalue weighted by Gasteiger charge is 2.19. The molecular weight excluding hydrogens is 306 g/mol. The topological polar surface area (TPSA) is 46.2 Å². The van der Waals surface area contributed by atoms with E-state index >= 15 is 0 Å². The molecule has 2 heterocycles. The average molecular weight is 329 g/mol. The van der Waals surface area contributed by atoms with E-state index < -0.39 is 0 Å². The Morgan fingerprint density at radius 1 is 1.17 bits per heavy atom. The van der Waals surface area contributed by atoms with Gasteiger partial charge < -0.3 is 10.1 Å². The number of nitrogens with one attached hydrogen (secondary N) is 2. The minimum absolute atomic E-state index is 0.211. The lowest BCUT2D eigenvalue weighted by Gasteiger charge is -2.25. The van der Waals surface area contributed by atoms with E-state index in [0.717, 1.165) is 38.4 Å². The van der Waals surface area contributed by atoms with E-state index in [1.807, 2.05) is 12.3 Å². The molecule has 3 rings (SSSR count). The standard InChI is InChI=1S/C18H23N3OS/c1-23-21-12-15-6-4-14(5-7-15)11-19-13-17-9-8-16-3-2-10-20-18(16)22-17/h2-7,10,17,19,21H,8-9,11-13H2,1H3. The summed E-state index contributed by atoms with van der Waals surface area (Å²) in [6.45, 7) is 2.62. The molecule has 0 fully saturated rings. The quantitative estimate of drug-likeness (QED) is 0.765. The SMILES string of the molecule is CSNCc1ccc(CNCC2CCc3cccnc3O2)cc1. The summed E-state index contributed by atoms with van der Waals surface area (Å²) < 4.78 is 9.21. The van der Waals surface area contributed by atoms with E-state index in [-0.39, 0.29) is 6.10 Å². The van der Waals surface area contributed by atoms with Crippen molar-refractivity contribution in [1.82, 2.24) is 15.0 Å². The third-order valence-corrected chi connectivity index (χ3v) is 4.44. The van der Waals surface area contributed by atoms with Gasteiger partial charge in [0, 0.05) is 31.4 Å². The molecule has 0 saturated carbocycles. The fraction of sp³-hybridized carbons (Fsp3) is 0.389. The number of fused-ring (bicyclic) bond motifs is 1. The van der Waals surface area contributed by atoms with Crippen molar-refractivity contribution in [2.24, 2.45) is 0 Å². The lowest BCUT2D eigenvalue weighted by Crippen LogP contribution is -2.34. The molecule has 23 heavy (non-hydrogen) atoms. The Hall–Kier alpha value is -1.56. The number of aryl methyl sites for hydroxylation is 1. The minimum atomic E-state index is 0.211. The third kappa shape index (κ3) is 4.70. The molecule has 0 amide bonds. The highest BCUT2D eigenvalue weighted by Crippen LogP contribution is 2.24. The third-order valence-electron chi connectivity index (χ3n) is 4.01. The Labute approximate surface area is 142 Å². The summed E-state index contributed by atoms with van der Waals surface area (Å²) in [5.74, 6) is 0.802. The van der Waals surface area contributed by atoms with Crippen LogP contribution in [0.25, 0.3) is 0 Å². The number of aromatic nitrogens is 1. The van der Waals surface area contributed by atoms with Crippen LogP contribution in [0.4, 0.5) is 0 Å². The molecule has 2 N–H and O–H groups in total. The summed E-state index contributed by atoms with van der Waals surface area (Å²) in [5.41, 5.74) is 3.83. The molecule has 122 valence electrons. The fourth-order valence-corrected chi connectivity index (χ4v) is 3.02. The van der Waals surface area contributed by atoms with Gasteiger partial charge in [-0.2, -0.15) is 0 Å². The van der Waals surface area contributed by atoms with Crippen molar-refractivity contribution in [3.05, 3.63) is 59.3 Å². The van der Waals surface area contributed by atoms with Crippen LogP contribution in [0, 0.1) is 0 Å². The zero-order chi connectivity index (χ0) is 15.9. The van der Waals surface area contributed by atoms with Crippen LogP contribution in [-0.4, -0.2) is 23.9 Å². The van der Waals surface area contributed by atoms with Crippen molar-refractivity contribution in [1.29, 1.82) is 0 Å². The lowest BCUT2D eigenvalue weighted by molar-refractivity contribution is 0.162. The molecule has 0 saturated heterocycles. The maximum Gasteiger partial charge on any atom is 0.216 e. The molecule has 1 aliphatic heterocycles. The summed E-state index contributed by atoms with van der Waals surface area (Å²) in [6.07, 6.45) is 6.14. The first kappa shape index (κ1) is 16.3. The Kier molecular flexibility index (Phi) is 5.91. The molecule has 0 bridgehead atoms. The van der Waals surface area contributed by atoms with Crippen molar-refractivity contribution in [3.8, 4) is 5.88 Å². The van der Waals surface area contributed by atoms with Crippen LogP contribution in [0.1, 0.15) is 23.1 Å². The van der Waals surface area contributed by atoms with Crippen molar-refractivity contribution in [2.45, 2.75) is 32.0 Å². The number of hydrogen-bond acceptors (Lipinski definition) is 5. The molecule has 1 unspecified atom stereocenters. The second-order valence-corrected chi connectivity index (χ2v) is 6.42. The highest BCUT2D eigenvalue weighted by atomic mass is 32.2. The number of nitrogens with zero attached hydrogens (tertiary/aromatic N) is 1. The first-order chi connectivity index (χ1) is 11.3. The number of hydrogen-bond donors (Lipinski definition) is 2. The van der Waals surface area contributed by atoms with E-state index in [1.165, 1.54) is 16.7 Å². The van der Waals surface area contributed by atoms with Crippen LogP contribution in [0.5, 0.6) is 5.88 Å². The Morgan fingerprint density at radius 3 is 2.74 bits per heavy atom. The average Bonchev–Trinajstić information content (AvgIpc) is 2.61. The molecular formula is C18H23N3OS. The van der Waals surface area contributed by atoms with Crippen LogP contribution < -0.4 is 14.8 Å². The molecule has 1 aromatic heterocycles. The second kappa shape index (κ2) is 8.34. The normalized spacial score (nSPS) is 16.7. The van der Waals surface area contributed by atoms with E-state index in [4.69, 9.17) is 4.74 Å². The molecule has 1 atom stereocenters. The van der Waals surface area contributed by atoms with Crippen molar-refractivity contribution < 1.29 is 4.74 Å². The van der Waals surface area contributed by atoms with E-state index in [1.54, 1.807) is 18.1 Å². The van der Waals surface area contributed by atoms with Gasteiger partial charge in [0.1, 0.15) is 6.10 Å². The summed E-state index contributed by atoms with van der Waals surface area (Å²) in [4.78, 5) is 4.31. The smallest absolute Gasteiger partial charge is 0.216 e. The van der Waals surface area contributed by atoms with E-state index in [9.17, 15) is 0 Å². The zero-order valence-corrected chi connectivity index (χ0v) is 14.2. The molecule has 2 aromatic rings. The summed E-state index contributed by atoms with van der Waals surface area (Å²) in [5, 5.41) is 3.49. The van der Waals surface area contributed by atoms with Crippen LogP contribution >= 0.6 is 11.9 Å². The number of rotatable bonds is 7. The first-order valence-corrected chi connectivity index (χ1v) is 9.22. The van der Waals surface area contributed by atoms with Gasteiger partial charge in [-0.1, -0.05) is 42.3 Å². The predicted octanol–water partition coefficient (Wildman–Crippen LogP) is 2.93. The molecule has 5 heteroatoms. The van der Waals surface area contributed by atoms with Crippen molar-refractivity contribution in [2.75, 3.05) is 12.8 Å². The second-order valence-electron chi connectivity index (χ2n) is 5.72. The van der Waals surface area contributed by atoms with Gasteiger partial charge in [0.05, 0.1) is 0 Å². The van der Waals surface area contributed by atoms with Crippen molar-refractivity contribution >= 4 is 11.9 Å². The van der Waals surface area contributed by atoms with Gasteiger partial charge >= 0.3 is 0 Å². The van der Waals surface area contributed by atoms with Gasteiger partial charge in [-0.05, 0) is 36.3 Å². The van der Waals surface area contributed by atoms with Gasteiger partial charge in [-0.15, -0.1) is 0 Å². The highest BCUT2D eigenvalue weighted by molar-refractivity contribution is 7.96. The van der Waals surface area contributed by atoms with Gasteiger partial charge in [-0.3, -0.25) is 4.72 Å². The fourth-order valence-electron chi connectivity index (χ4n) is 2.71. The largest absolute Gasteiger partial charge is 0.473 e.